The smallest absolute Gasteiger partial charge is 0.228 e. The predicted molar refractivity (Wildman–Crippen MR) is 148 cm³/mol. The Morgan fingerprint density at radius 2 is 2.08 bits per heavy atom. The molecular weight excluding hydrogens is 498 g/mol. The molecule has 3 N–H and O–H groups in total. The zero-order chi connectivity index (χ0) is 25.9. The van der Waals surface area contributed by atoms with E-state index in [-0.39, 0.29) is 17.9 Å². The number of hydrogen-bond acceptors (Lipinski definition) is 6. The predicted octanol–water partition coefficient (Wildman–Crippen LogP) is 4.47. The van der Waals surface area contributed by atoms with Crippen LogP contribution in [0.5, 0.6) is 0 Å². The number of aliphatic imine (C=N–C) groups is 1. The highest BCUT2D eigenvalue weighted by atomic mass is 35.5. The number of amides is 1. The minimum Gasteiger partial charge on any atom is -0.384 e. The number of allylic oxidation sites excluding steroid dienone is 3. The third-order valence-electron chi connectivity index (χ3n) is 6.51. The zero-order valence-corrected chi connectivity index (χ0v) is 23.0. The highest BCUT2D eigenvalue weighted by Gasteiger charge is 2.30. The van der Waals surface area contributed by atoms with Crippen molar-refractivity contribution in [2.45, 2.75) is 58.4 Å². The Morgan fingerprint density at radius 3 is 2.81 bits per heavy atom. The molecule has 3 rings (SSSR count). The van der Waals surface area contributed by atoms with Gasteiger partial charge in [0.25, 0.3) is 0 Å². The minimum absolute atomic E-state index is 0.0773. The van der Waals surface area contributed by atoms with Crippen molar-refractivity contribution >= 4 is 46.1 Å². The van der Waals surface area contributed by atoms with Gasteiger partial charge in [0.1, 0.15) is 5.82 Å². The van der Waals surface area contributed by atoms with Crippen LogP contribution in [0.4, 0.5) is 5.82 Å². The summed E-state index contributed by atoms with van der Waals surface area (Å²) in [6.07, 6.45) is 14.2. The summed E-state index contributed by atoms with van der Waals surface area (Å²) >= 11 is 6.41. The van der Waals surface area contributed by atoms with E-state index in [0.29, 0.717) is 23.2 Å². The van der Waals surface area contributed by atoms with E-state index >= 15 is 0 Å². The number of rotatable bonds is 11. The van der Waals surface area contributed by atoms with Crippen molar-refractivity contribution in [2.75, 3.05) is 31.3 Å². The van der Waals surface area contributed by atoms with Gasteiger partial charge in [-0.1, -0.05) is 24.6 Å². The number of hydrogen-bond donors (Lipinski definition) is 3. The Bertz CT molecular complexity index is 1010. The van der Waals surface area contributed by atoms with Crippen LogP contribution in [-0.4, -0.2) is 53.4 Å². The molecule has 10 heteroatoms. The number of nitrogens with zero attached hydrogens (tertiary/aromatic N) is 2. The van der Waals surface area contributed by atoms with Crippen LogP contribution < -0.4 is 15.4 Å². The van der Waals surface area contributed by atoms with E-state index in [9.17, 15) is 9.00 Å². The van der Waals surface area contributed by atoms with Crippen molar-refractivity contribution in [3.63, 3.8) is 0 Å². The van der Waals surface area contributed by atoms with Gasteiger partial charge in [0.2, 0.25) is 5.91 Å². The van der Waals surface area contributed by atoms with Crippen LogP contribution in [0.3, 0.4) is 0 Å². The largest absolute Gasteiger partial charge is 0.384 e. The first-order valence-corrected chi connectivity index (χ1v) is 14.6. The molecule has 2 heterocycles. The fourth-order valence-electron chi connectivity index (χ4n) is 4.50. The summed E-state index contributed by atoms with van der Waals surface area (Å²) in [6, 6.07) is 1.88. The maximum absolute atomic E-state index is 12.8. The van der Waals surface area contributed by atoms with Crippen LogP contribution in [0, 0.1) is 11.8 Å². The quantitative estimate of drug-likeness (QED) is 0.363. The average Bonchev–Trinajstić information content (AvgIpc) is 3.32. The minimum atomic E-state index is -1.08. The molecule has 0 spiro atoms. The summed E-state index contributed by atoms with van der Waals surface area (Å²) in [5, 5.41) is 6.92. The third kappa shape index (κ3) is 9.10. The molecule has 2 fully saturated rings. The van der Waals surface area contributed by atoms with E-state index in [2.05, 4.69) is 38.3 Å². The second-order valence-corrected chi connectivity index (χ2v) is 11.0. The highest BCUT2D eigenvalue weighted by Crippen LogP contribution is 2.29. The maximum atomic E-state index is 12.8. The highest BCUT2D eigenvalue weighted by molar-refractivity contribution is 7.82. The lowest BCUT2D eigenvalue weighted by molar-refractivity contribution is -0.119. The van der Waals surface area contributed by atoms with Gasteiger partial charge < -0.3 is 15.4 Å². The Kier molecular flexibility index (Phi) is 11.6. The molecule has 0 aromatic carbocycles. The summed E-state index contributed by atoms with van der Waals surface area (Å²) < 4.78 is 19.8. The fourth-order valence-corrected chi connectivity index (χ4v) is 5.44. The van der Waals surface area contributed by atoms with Crippen LogP contribution in [0.25, 0.3) is 5.57 Å². The Hall–Kier alpha value is -2.07. The SMILES string of the molecule is CC/C=C(/C=N/C=C(\C)c1cc(NC(=O)C2CCC(NS(C)=O)C2)ncc1Cl)NCC1CCOCC1. The standard InChI is InChI=1S/C26H38ClN5O3S/c1-4-5-22(29-15-19-8-10-35-11-9-19)16-28-14-18(2)23-13-25(30-17-24(23)27)31-26(33)20-6-7-21(12-20)32-36(3)34/h5,13-14,16-17,19-21,29,32H,4,6-12,15H2,1-3H3,(H,30,31,33)/b18-14+,22-5-,28-16+. The molecule has 8 nitrogen and oxygen atoms in total. The summed E-state index contributed by atoms with van der Waals surface area (Å²) in [5.74, 6) is 0.865. The van der Waals surface area contributed by atoms with E-state index in [1.165, 1.54) is 0 Å². The molecule has 1 saturated heterocycles. The van der Waals surface area contributed by atoms with Crippen LogP contribution >= 0.6 is 11.6 Å². The van der Waals surface area contributed by atoms with Gasteiger partial charge in [0.05, 0.1) is 16.0 Å². The first-order chi connectivity index (χ1) is 17.4. The van der Waals surface area contributed by atoms with Crippen molar-refractivity contribution in [1.29, 1.82) is 0 Å². The second-order valence-electron chi connectivity index (χ2n) is 9.41. The van der Waals surface area contributed by atoms with Crippen molar-refractivity contribution in [2.24, 2.45) is 16.8 Å². The van der Waals surface area contributed by atoms with Gasteiger partial charge in [0.15, 0.2) is 0 Å². The lowest BCUT2D eigenvalue weighted by atomic mass is 10.0. The van der Waals surface area contributed by atoms with Crippen molar-refractivity contribution in [1.82, 2.24) is 15.0 Å². The van der Waals surface area contributed by atoms with Crippen LogP contribution in [0.15, 0.2) is 35.2 Å². The number of aromatic nitrogens is 1. The normalized spacial score (nSPS) is 22.7. The molecule has 0 radical (unpaired) electrons. The number of halogens is 1. The number of carbonyl (C=O) groups excluding carboxylic acids is 1. The van der Waals surface area contributed by atoms with Gasteiger partial charge in [-0.2, -0.15) is 0 Å². The number of nitrogens with one attached hydrogen (secondary N) is 3. The molecule has 3 unspecified atom stereocenters. The Balaban J connectivity index is 1.59. The third-order valence-corrected chi connectivity index (χ3v) is 7.48. The summed E-state index contributed by atoms with van der Waals surface area (Å²) in [4.78, 5) is 21.5. The monoisotopic (exact) mass is 535 g/mol. The molecule has 0 bridgehead atoms. The second kappa shape index (κ2) is 14.6. The Morgan fingerprint density at radius 1 is 1.31 bits per heavy atom. The molecule has 1 aliphatic carbocycles. The number of pyridine rings is 1. The van der Waals surface area contributed by atoms with Gasteiger partial charge in [-0.05, 0) is 63.0 Å². The molecule has 1 aromatic heterocycles. The van der Waals surface area contributed by atoms with E-state index in [1.807, 2.05) is 13.1 Å². The van der Waals surface area contributed by atoms with Gasteiger partial charge in [-0.3, -0.25) is 9.79 Å². The van der Waals surface area contributed by atoms with Crippen LogP contribution in [-0.2, 0) is 20.5 Å². The fraction of sp³-hybridized carbons (Fsp3) is 0.577. The molecule has 2 aliphatic rings. The number of carbonyl (C=O) groups is 1. The molecule has 3 atom stereocenters. The summed E-state index contributed by atoms with van der Waals surface area (Å²) in [5.41, 5.74) is 2.63. The van der Waals surface area contributed by atoms with E-state index in [0.717, 1.165) is 68.7 Å². The molecule has 1 saturated carbocycles. The van der Waals surface area contributed by atoms with Crippen molar-refractivity contribution < 1.29 is 13.7 Å². The topological polar surface area (TPSA) is 105 Å². The molecule has 198 valence electrons. The molecule has 1 aliphatic heterocycles. The molecular formula is C26H38ClN5O3S. The average molecular weight is 536 g/mol. The lowest BCUT2D eigenvalue weighted by Gasteiger charge is -2.22. The van der Waals surface area contributed by atoms with Gasteiger partial charge in [0, 0.05) is 67.8 Å². The van der Waals surface area contributed by atoms with Gasteiger partial charge >= 0.3 is 0 Å². The van der Waals surface area contributed by atoms with Gasteiger partial charge in [-0.25, -0.2) is 13.9 Å². The lowest BCUT2D eigenvalue weighted by Crippen LogP contribution is -2.29. The van der Waals surface area contributed by atoms with E-state index in [1.54, 1.807) is 24.7 Å². The van der Waals surface area contributed by atoms with Gasteiger partial charge in [-0.15, -0.1) is 0 Å². The van der Waals surface area contributed by atoms with E-state index < -0.39 is 11.0 Å². The van der Waals surface area contributed by atoms with Crippen molar-refractivity contribution in [3.05, 3.63) is 40.8 Å². The zero-order valence-electron chi connectivity index (χ0n) is 21.4. The maximum Gasteiger partial charge on any atom is 0.228 e. The van der Waals surface area contributed by atoms with Crippen LogP contribution in [0.2, 0.25) is 5.02 Å². The summed E-state index contributed by atoms with van der Waals surface area (Å²) in [7, 11) is -1.08. The van der Waals surface area contributed by atoms with Crippen LogP contribution in [0.1, 0.15) is 57.9 Å². The molecule has 36 heavy (non-hydrogen) atoms. The number of ether oxygens (including phenoxy) is 1. The first-order valence-electron chi connectivity index (χ1n) is 12.6. The summed E-state index contributed by atoms with van der Waals surface area (Å²) in [6.45, 7) is 6.62. The Labute approximate surface area is 222 Å². The molecule has 1 aromatic rings. The first kappa shape index (κ1) is 28.5. The molecule has 1 amide bonds. The number of anilines is 1. The van der Waals surface area contributed by atoms with Crippen molar-refractivity contribution in [3.8, 4) is 0 Å². The van der Waals surface area contributed by atoms with E-state index in [4.69, 9.17) is 16.3 Å².